The number of amides is 1. The molecule has 1 N–H and O–H groups in total. The van der Waals surface area contributed by atoms with Crippen LogP contribution in [0.4, 0.5) is 0 Å². The average Bonchev–Trinajstić information content (AvgIpc) is 3.26. The van der Waals surface area contributed by atoms with Gasteiger partial charge in [0.25, 0.3) is 11.7 Å². The number of para-hydroxylation sites is 1. The molecule has 0 aliphatic carbocycles. The smallest absolute Gasteiger partial charge is 0.295 e. The Morgan fingerprint density at radius 1 is 0.902 bits per heavy atom. The van der Waals surface area contributed by atoms with E-state index in [2.05, 4.69) is 4.90 Å². The van der Waals surface area contributed by atoms with E-state index in [1.54, 1.807) is 29.2 Å². The van der Waals surface area contributed by atoms with E-state index in [1.165, 1.54) is 0 Å². The van der Waals surface area contributed by atoms with Crippen molar-refractivity contribution in [2.75, 3.05) is 46.0 Å². The van der Waals surface area contributed by atoms with Crippen LogP contribution in [0, 0.1) is 0 Å². The number of hydrogen-bond donors (Lipinski definition) is 1. The lowest BCUT2D eigenvalue weighted by atomic mass is 9.95. The molecule has 0 bridgehead atoms. The first-order valence-electron chi connectivity index (χ1n) is 14.2. The van der Waals surface area contributed by atoms with E-state index in [4.69, 9.17) is 14.2 Å². The SMILES string of the molecule is CCCOc1ccc(/C(O)=C2\C(=O)C(=O)N(CCCN3CCOCC3)C2c2cccc(Oc3ccccc3)c2)cc1. The number of ketones is 1. The highest BCUT2D eigenvalue weighted by Crippen LogP contribution is 2.41. The fourth-order valence-electron chi connectivity index (χ4n) is 5.20. The molecule has 2 fully saturated rings. The number of rotatable bonds is 11. The Labute approximate surface area is 240 Å². The number of Topliss-reactive ketones (excluding diaryl/α,β-unsaturated/α-hetero) is 1. The lowest BCUT2D eigenvalue weighted by Crippen LogP contribution is -2.38. The van der Waals surface area contributed by atoms with Crippen LogP contribution < -0.4 is 9.47 Å². The van der Waals surface area contributed by atoms with Gasteiger partial charge in [-0.25, -0.2) is 0 Å². The number of hydrogen-bond acceptors (Lipinski definition) is 7. The zero-order valence-electron chi connectivity index (χ0n) is 23.3. The van der Waals surface area contributed by atoms with Crippen molar-refractivity contribution in [1.29, 1.82) is 0 Å². The van der Waals surface area contributed by atoms with Crippen molar-refractivity contribution in [3.63, 3.8) is 0 Å². The zero-order chi connectivity index (χ0) is 28.6. The van der Waals surface area contributed by atoms with Crippen molar-refractivity contribution in [1.82, 2.24) is 9.80 Å². The van der Waals surface area contributed by atoms with Gasteiger partial charge in [0.1, 0.15) is 23.0 Å². The standard InChI is InChI=1S/C33H36N2O6/c1-2-20-40-26-14-12-24(13-15-26)31(36)29-30(25-8-6-11-28(23-25)41-27-9-4-3-5-10-27)35(33(38)32(29)37)17-7-16-34-18-21-39-22-19-34/h3-6,8-15,23,30,36H,2,7,16-22H2,1H3/b31-29+. The minimum atomic E-state index is -0.755. The van der Waals surface area contributed by atoms with Gasteiger partial charge in [-0.2, -0.15) is 0 Å². The Morgan fingerprint density at radius 2 is 1.63 bits per heavy atom. The molecular formula is C33H36N2O6. The topological polar surface area (TPSA) is 88.5 Å². The molecule has 5 rings (SSSR count). The average molecular weight is 557 g/mol. The third kappa shape index (κ3) is 6.78. The molecule has 1 amide bonds. The Bertz CT molecular complexity index is 1370. The molecule has 0 radical (unpaired) electrons. The molecule has 3 aromatic rings. The van der Waals surface area contributed by atoms with Gasteiger partial charge in [0, 0.05) is 31.7 Å². The number of nitrogens with zero attached hydrogens (tertiary/aromatic N) is 2. The molecule has 8 heteroatoms. The lowest BCUT2D eigenvalue weighted by molar-refractivity contribution is -0.140. The molecule has 0 spiro atoms. The number of carbonyl (C=O) groups excluding carboxylic acids is 2. The first-order valence-corrected chi connectivity index (χ1v) is 14.2. The van der Waals surface area contributed by atoms with Crippen LogP contribution in [0.25, 0.3) is 5.76 Å². The summed E-state index contributed by atoms with van der Waals surface area (Å²) in [6.45, 7) is 6.86. The van der Waals surface area contributed by atoms with Crippen LogP contribution in [0.1, 0.15) is 36.9 Å². The molecule has 2 aliphatic rings. The van der Waals surface area contributed by atoms with Gasteiger partial charge in [0.15, 0.2) is 0 Å². The molecule has 1 atom stereocenters. The highest BCUT2D eigenvalue weighted by atomic mass is 16.5. The van der Waals surface area contributed by atoms with E-state index in [0.717, 1.165) is 26.1 Å². The van der Waals surface area contributed by atoms with Gasteiger partial charge in [-0.15, -0.1) is 0 Å². The van der Waals surface area contributed by atoms with E-state index in [1.807, 2.05) is 61.5 Å². The third-order valence-corrected chi connectivity index (χ3v) is 7.27. The van der Waals surface area contributed by atoms with Gasteiger partial charge in [-0.3, -0.25) is 14.5 Å². The molecule has 214 valence electrons. The van der Waals surface area contributed by atoms with Crippen LogP contribution in [-0.4, -0.2) is 72.6 Å². The van der Waals surface area contributed by atoms with Crippen LogP contribution in [-0.2, 0) is 14.3 Å². The van der Waals surface area contributed by atoms with Crippen LogP contribution in [0.2, 0.25) is 0 Å². The van der Waals surface area contributed by atoms with Gasteiger partial charge in [-0.05, 0) is 66.9 Å². The summed E-state index contributed by atoms with van der Waals surface area (Å²) in [6.07, 6.45) is 1.57. The maximum Gasteiger partial charge on any atom is 0.295 e. The number of aliphatic hydroxyl groups excluding tert-OH is 1. The minimum absolute atomic E-state index is 0.0699. The summed E-state index contributed by atoms with van der Waals surface area (Å²) in [5, 5.41) is 11.4. The van der Waals surface area contributed by atoms with Crippen LogP contribution >= 0.6 is 0 Å². The summed E-state index contributed by atoms with van der Waals surface area (Å²) in [4.78, 5) is 30.8. The normalized spacial score (nSPS) is 19.0. The van der Waals surface area contributed by atoms with E-state index < -0.39 is 17.7 Å². The number of benzene rings is 3. The second kappa shape index (κ2) is 13.5. The monoisotopic (exact) mass is 556 g/mol. The summed E-state index contributed by atoms with van der Waals surface area (Å²) in [6, 6.07) is 22.9. The maximum absolute atomic E-state index is 13.5. The van der Waals surface area contributed by atoms with E-state index in [0.29, 0.717) is 61.2 Å². The second-order valence-corrected chi connectivity index (χ2v) is 10.2. The van der Waals surface area contributed by atoms with Crippen molar-refractivity contribution in [3.05, 3.63) is 95.6 Å². The molecule has 0 saturated carbocycles. The molecule has 2 heterocycles. The predicted molar refractivity (Wildman–Crippen MR) is 156 cm³/mol. The molecular weight excluding hydrogens is 520 g/mol. The number of likely N-dealkylation sites (tertiary alicyclic amines) is 1. The lowest BCUT2D eigenvalue weighted by Gasteiger charge is -2.29. The fraction of sp³-hybridized carbons (Fsp3) is 0.333. The molecule has 2 aliphatic heterocycles. The van der Waals surface area contributed by atoms with Crippen molar-refractivity contribution < 1.29 is 28.9 Å². The Morgan fingerprint density at radius 3 is 2.37 bits per heavy atom. The number of ether oxygens (including phenoxy) is 3. The number of morpholine rings is 1. The van der Waals surface area contributed by atoms with E-state index in [9.17, 15) is 14.7 Å². The first-order chi connectivity index (χ1) is 20.0. The highest BCUT2D eigenvalue weighted by Gasteiger charge is 2.46. The molecule has 0 aromatic heterocycles. The maximum atomic E-state index is 13.5. The predicted octanol–water partition coefficient (Wildman–Crippen LogP) is 5.41. The number of aliphatic hydroxyl groups is 1. The van der Waals surface area contributed by atoms with Crippen LogP contribution in [0.3, 0.4) is 0 Å². The summed E-state index contributed by atoms with van der Waals surface area (Å²) in [5.74, 6) is 0.407. The van der Waals surface area contributed by atoms with Gasteiger partial charge in [-0.1, -0.05) is 37.3 Å². The van der Waals surface area contributed by atoms with Gasteiger partial charge >= 0.3 is 0 Å². The third-order valence-electron chi connectivity index (χ3n) is 7.27. The summed E-state index contributed by atoms with van der Waals surface area (Å²) < 4.78 is 17.2. The van der Waals surface area contributed by atoms with Crippen LogP contribution in [0.15, 0.2) is 84.4 Å². The van der Waals surface area contributed by atoms with Crippen molar-refractivity contribution in [2.24, 2.45) is 0 Å². The van der Waals surface area contributed by atoms with Crippen molar-refractivity contribution in [3.8, 4) is 17.2 Å². The Hall–Kier alpha value is -4.14. The molecule has 3 aromatic carbocycles. The molecule has 2 saturated heterocycles. The largest absolute Gasteiger partial charge is 0.507 e. The van der Waals surface area contributed by atoms with E-state index in [-0.39, 0.29) is 11.3 Å². The molecule has 41 heavy (non-hydrogen) atoms. The van der Waals surface area contributed by atoms with Gasteiger partial charge in [0.2, 0.25) is 0 Å². The highest BCUT2D eigenvalue weighted by molar-refractivity contribution is 6.46. The number of carbonyl (C=O) groups is 2. The first kappa shape index (κ1) is 28.4. The fourth-order valence-corrected chi connectivity index (χ4v) is 5.20. The van der Waals surface area contributed by atoms with E-state index >= 15 is 0 Å². The van der Waals surface area contributed by atoms with Crippen LogP contribution in [0.5, 0.6) is 17.2 Å². The second-order valence-electron chi connectivity index (χ2n) is 10.2. The van der Waals surface area contributed by atoms with Gasteiger partial charge in [0.05, 0.1) is 31.4 Å². The Balaban J connectivity index is 1.47. The molecule has 1 unspecified atom stereocenters. The van der Waals surface area contributed by atoms with Crippen molar-refractivity contribution in [2.45, 2.75) is 25.8 Å². The minimum Gasteiger partial charge on any atom is -0.507 e. The van der Waals surface area contributed by atoms with Gasteiger partial charge < -0.3 is 24.2 Å². The molecule has 8 nitrogen and oxygen atoms in total. The zero-order valence-corrected chi connectivity index (χ0v) is 23.3. The quantitative estimate of drug-likeness (QED) is 0.192. The summed E-state index contributed by atoms with van der Waals surface area (Å²) >= 11 is 0. The van der Waals surface area contributed by atoms with Crippen molar-refractivity contribution >= 4 is 17.4 Å². The summed E-state index contributed by atoms with van der Waals surface area (Å²) in [7, 11) is 0. The summed E-state index contributed by atoms with van der Waals surface area (Å²) in [5.41, 5.74) is 1.20. The Kier molecular flexibility index (Phi) is 9.33.